The first kappa shape index (κ1) is 16.4. The predicted molar refractivity (Wildman–Crippen MR) is 77.2 cm³/mol. The maximum atomic E-state index is 12.0. The Morgan fingerprint density at radius 2 is 1.79 bits per heavy atom. The van der Waals surface area contributed by atoms with E-state index >= 15 is 0 Å². The first-order chi connectivity index (χ1) is 8.91. The van der Waals surface area contributed by atoms with Crippen molar-refractivity contribution in [2.24, 2.45) is 0 Å². The highest BCUT2D eigenvalue weighted by molar-refractivity contribution is 5.80. The highest BCUT2D eigenvalue weighted by Gasteiger charge is 2.37. The number of esters is 1. The molecule has 0 spiro atoms. The number of nitrogens with zero attached hydrogens (tertiary/aromatic N) is 2. The average Bonchev–Trinajstić information content (AvgIpc) is 2.37. The molecular weight excluding hydrogens is 242 g/mol. The summed E-state index contributed by atoms with van der Waals surface area (Å²) in [6.07, 6.45) is 0. The number of hydrogen-bond acceptors (Lipinski definition) is 5. The van der Waals surface area contributed by atoms with Gasteiger partial charge in [0.1, 0.15) is 5.54 Å². The van der Waals surface area contributed by atoms with Crippen LogP contribution in [0.15, 0.2) is 0 Å². The normalized spacial score (nSPS) is 21.4. The van der Waals surface area contributed by atoms with Crippen molar-refractivity contribution in [3.05, 3.63) is 0 Å². The molecule has 0 bridgehead atoms. The lowest BCUT2D eigenvalue weighted by atomic mass is 10.00. The minimum atomic E-state index is -0.628. The fourth-order valence-electron chi connectivity index (χ4n) is 2.74. The minimum absolute atomic E-state index is 0.181. The van der Waals surface area contributed by atoms with Gasteiger partial charge in [0, 0.05) is 38.8 Å². The molecular formula is C14H29N3O2. The van der Waals surface area contributed by atoms with Gasteiger partial charge in [-0.3, -0.25) is 15.0 Å². The van der Waals surface area contributed by atoms with Crippen molar-refractivity contribution >= 4 is 5.97 Å². The van der Waals surface area contributed by atoms with Crippen LogP contribution in [0.3, 0.4) is 0 Å². The van der Waals surface area contributed by atoms with Crippen molar-refractivity contribution in [3.8, 4) is 0 Å². The van der Waals surface area contributed by atoms with Gasteiger partial charge in [-0.15, -0.1) is 0 Å². The Bertz CT molecular complexity index is 288. The van der Waals surface area contributed by atoms with Crippen LogP contribution in [0, 0.1) is 0 Å². The fraction of sp³-hybridized carbons (Fsp3) is 0.929. The Balaban J connectivity index is 2.60. The van der Waals surface area contributed by atoms with Crippen LogP contribution in [-0.2, 0) is 9.53 Å². The third-order valence-electron chi connectivity index (χ3n) is 3.70. The van der Waals surface area contributed by atoms with Crippen LogP contribution in [0.1, 0.15) is 27.7 Å². The lowest BCUT2D eigenvalue weighted by Crippen LogP contribution is -2.61. The van der Waals surface area contributed by atoms with E-state index in [0.29, 0.717) is 6.54 Å². The van der Waals surface area contributed by atoms with Gasteiger partial charge in [0.25, 0.3) is 0 Å². The maximum Gasteiger partial charge on any atom is 0.327 e. The van der Waals surface area contributed by atoms with Gasteiger partial charge in [-0.1, -0.05) is 6.92 Å². The molecule has 0 amide bonds. The Labute approximate surface area is 117 Å². The standard InChI is InChI=1S/C14H29N3O2/c1-6-16-7-9-17(10-8-16)11-14(4,13(18)19-5)15-12(2)3/h12,15H,6-11H2,1-5H3. The van der Waals surface area contributed by atoms with Crippen LogP contribution in [0.25, 0.3) is 0 Å². The summed E-state index contributed by atoms with van der Waals surface area (Å²) in [5.74, 6) is -0.181. The second kappa shape index (κ2) is 7.22. The van der Waals surface area contributed by atoms with Gasteiger partial charge in [0.2, 0.25) is 0 Å². The van der Waals surface area contributed by atoms with E-state index in [1.807, 2.05) is 6.92 Å². The van der Waals surface area contributed by atoms with E-state index in [0.717, 1.165) is 32.7 Å². The van der Waals surface area contributed by atoms with Crippen molar-refractivity contribution < 1.29 is 9.53 Å². The van der Waals surface area contributed by atoms with E-state index in [-0.39, 0.29) is 12.0 Å². The summed E-state index contributed by atoms with van der Waals surface area (Å²) in [5, 5.41) is 3.35. The van der Waals surface area contributed by atoms with Gasteiger partial charge in [-0.2, -0.15) is 0 Å². The summed E-state index contributed by atoms with van der Waals surface area (Å²) in [7, 11) is 1.46. The number of hydrogen-bond donors (Lipinski definition) is 1. The third-order valence-corrected chi connectivity index (χ3v) is 3.70. The zero-order valence-electron chi connectivity index (χ0n) is 13.0. The van der Waals surface area contributed by atoms with Crippen molar-refractivity contribution in [3.63, 3.8) is 0 Å². The summed E-state index contributed by atoms with van der Waals surface area (Å²) in [4.78, 5) is 16.8. The van der Waals surface area contributed by atoms with Crippen LogP contribution in [0.5, 0.6) is 0 Å². The summed E-state index contributed by atoms with van der Waals surface area (Å²) < 4.78 is 4.96. The number of likely N-dealkylation sites (N-methyl/N-ethyl adjacent to an activating group) is 1. The lowest BCUT2D eigenvalue weighted by Gasteiger charge is -2.39. The second-order valence-electron chi connectivity index (χ2n) is 5.83. The highest BCUT2D eigenvalue weighted by atomic mass is 16.5. The smallest absolute Gasteiger partial charge is 0.327 e. The molecule has 1 aliphatic heterocycles. The number of methoxy groups -OCH3 is 1. The van der Waals surface area contributed by atoms with Gasteiger partial charge in [-0.05, 0) is 27.3 Å². The van der Waals surface area contributed by atoms with Gasteiger partial charge >= 0.3 is 5.97 Å². The zero-order valence-corrected chi connectivity index (χ0v) is 13.0. The van der Waals surface area contributed by atoms with Crippen molar-refractivity contribution in [1.82, 2.24) is 15.1 Å². The number of ether oxygens (including phenoxy) is 1. The molecule has 0 saturated carbocycles. The zero-order chi connectivity index (χ0) is 14.5. The first-order valence-corrected chi connectivity index (χ1v) is 7.22. The molecule has 0 aliphatic carbocycles. The molecule has 5 heteroatoms. The highest BCUT2D eigenvalue weighted by Crippen LogP contribution is 2.13. The van der Waals surface area contributed by atoms with Crippen LogP contribution in [-0.4, -0.2) is 73.7 Å². The Morgan fingerprint density at radius 3 is 2.21 bits per heavy atom. The number of nitrogens with one attached hydrogen (secondary N) is 1. The SMILES string of the molecule is CCN1CCN(CC(C)(NC(C)C)C(=O)OC)CC1. The molecule has 1 heterocycles. The van der Waals surface area contributed by atoms with Crippen LogP contribution in [0.4, 0.5) is 0 Å². The van der Waals surface area contributed by atoms with Crippen LogP contribution >= 0.6 is 0 Å². The maximum absolute atomic E-state index is 12.0. The second-order valence-corrected chi connectivity index (χ2v) is 5.83. The summed E-state index contributed by atoms with van der Waals surface area (Å²) in [6.45, 7) is 14.2. The van der Waals surface area contributed by atoms with E-state index in [9.17, 15) is 4.79 Å². The van der Waals surface area contributed by atoms with E-state index in [1.165, 1.54) is 7.11 Å². The molecule has 5 nitrogen and oxygen atoms in total. The third kappa shape index (κ3) is 4.75. The molecule has 1 unspecified atom stereocenters. The Morgan fingerprint density at radius 1 is 1.26 bits per heavy atom. The van der Waals surface area contributed by atoms with Crippen molar-refractivity contribution in [2.75, 3.05) is 46.4 Å². The molecule has 0 aromatic carbocycles. The molecule has 1 saturated heterocycles. The quantitative estimate of drug-likeness (QED) is 0.715. The first-order valence-electron chi connectivity index (χ1n) is 7.22. The number of carbonyl (C=O) groups is 1. The molecule has 1 fully saturated rings. The van der Waals surface area contributed by atoms with Gasteiger partial charge in [0.15, 0.2) is 0 Å². The molecule has 19 heavy (non-hydrogen) atoms. The van der Waals surface area contributed by atoms with Gasteiger partial charge < -0.3 is 9.64 Å². The monoisotopic (exact) mass is 271 g/mol. The predicted octanol–water partition coefficient (Wildman–Crippen LogP) is 0.554. The summed E-state index contributed by atoms with van der Waals surface area (Å²) in [5.41, 5.74) is -0.628. The van der Waals surface area contributed by atoms with E-state index in [1.54, 1.807) is 0 Å². The average molecular weight is 271 g/mol. The topological polar surface area (TPSA) is 44.8 Å². The molecule has 1 atom stereocenters. The molecule has 0 aromatic rings. The molecule has 1 N–H and O–H groups in total. The van der Waals surface area contributed by atoms with E-state index in [4.69, 9.17) is 4.74 Å². The van der Waals surface area contributed by atoms with Crippen molar-refractivity contribution in [1.29, 1.82) is 0 Å². The number of carbonyl (C=O) groups excluding carboxylic acids is 1. The Hall–Kier alpha value is -0.650. The molecule has 1 aliphatic rings. The molecule has 112 valence electrons. The minimum Gasteiger partial charge on any atom is -0.468 e. The van der Waals surface area contributed by atoms with E-state index < -0.39 is 5.54 Å². The summed E-state index contributed by atoms with van der Waals surface area (Å²) >= 11 is 0. The molecule has 0 radical (unpaired) electrons. The number of piperazine rings is 1. The van der Waals surface area contributed by atoms with Crippen molar-refractivity contribution in [2.45, 2.75) is 39.3 Å². The summed E-state index contributed by atoms with van der Waals surface area (Å²) in [6, 6.07) is 0.251. The number of rotatable bonds is 6. The molecule has 1 rings (SSSR count). The molecule has 0 aromatic heterocycles. The Kier molecular flexibility index (Phi) is 6.23. The van der Waals surface area contributed by atoms with Crippen LogP contribution in [0.2, 0.25) is 0 Å². The van der Waals surface area contributed by atoms with Gasteiger partial charge in [0.05, 0.1) is 7.11 Å². The lowest BCUT2D eigenvalue weighted by molar-refractivity contribution is -0.149. The van der Waals surface area contributed by atoms with Crippen LogP contribution < -0.4 is 5.32 Å². The van der Waals surface area contributed by atoms with E-state index in [2.05, 4.69) is 35.9 Å². The van der Waals surface area contributed by atoms with Gasteiger partial charge in [-0.25, -0.2) is 0 Å². The largest absolute Gasteiger partial charge is 0.468 e. The fourth-order valence-corrected chi connectivity index (χ4v) is 2.74.